The van der Waals surface area contributed by atoms with E-state index in [9.17, 15) is 0 Å². The topological polar surface area (TPSA) is 38.5 Å². The summed E-state index contributed by atoms with van der Waals surface area (Å²) >= 11 is 6.16. The van der Waals surface area contributed by atoms with Gasteiger partial charge in [0.2, 0.25) is 0 Å². The van der Waals surface area contributed by atoms with E-state index in [0.29, 0.717) is 6.04 Å². The van der Waals surface area contributed by atoms with Gasteiger partial charge in [-0.05, 0) is 37.0 Å². The van der Waals surface area contributed by atoms with Gasteiger partial charge in [0.05, 0.1) is 12.6 Å². The third kappa shape index (κ3) is 3.95. The lowest BCUT2D eigenvalue weighted by molar-refractivity contribution is 0.101. The van der Waals surface area contributed by atoms with Gasteiger partial charge in [-0.15, -0.1) is 0 Å². The van der Waals surface area contributed by atoms with E-state index in [1.165, 1.54) is 18.4 Å². The molecule has 1 aliphatic rings. The van der Waals surface area contributed by atoms with Crippen molar-refractivity contribution in [3.8, 4) is 0 Å². The fourth-order valence-electron chi connectivity index (χ4n) is 2.75. The lowest BCUT2D eigenvalue weighted by Gasteiger charge is -2.36. The van der Waals surface area contributed by atoms with Gasteiger partial charge in [0, 0.05) is 30.8 Å². The molecule has 20 heavy (non-hydrogen) atoms. The van der Waals surface area contributed by atoms with Crippen molar-refractivity contribution in [3.63, 3.8) is 0 Å². The van der Waals surface area contributed by atoms with Crippen molar-refractivity contribution in [1.82, 2.24) is 4.90 Å². The number of hydrogen-bond acceptors (Lipinski definition) is 3. The average molecular weight is 297 g/mol. The number of hydrogen-bond donors (Lipinski definition) is 1. The van der Waals surface area contributed by atoms with E-state index in [0.717, 1.165) is 24.6 Å². The summed E-state index contributed by atoms with van der Waals surface area (Å²) in [5, 5.41) is 0.776. The van der Waals surface area contributed by atoms with Crippen LogP contribution < -0.4 is 5.73 Å². The Morgan fingerprint density at radius 1 is 1.45 bits per heavy atom. The van der Waals surface area contributed by atoms with Crippen LogP contribution in [0, 0.1) is 0 Å². The molecule has 112 valence electrons. The highest BCUT2D eigenvalue weighted by atomic mass is 35.5. The SMILES string of the molecule is CCC(N)C(c1cccc(Cl)c1)N(CCOC)C1CC1. The molecule has 0 amide bonds. The Kier molecular flexibility index (Phi) is 5.85. The predicted octanol–water partition coefficient (Wildman–Crippen LogP) is 3.23. The number of methoxy groups -OCH3 is 1. The summed E-state index contributed by atoms with van der Waals surface area (Å²) in [6.07, 6.45) is 3.47. The van der Waals surface area contributed by atoms with Crippen LogP contribution in [0.4, 0.5) is 0 Å². The van der Waals surface area contributed by atoms with Crippen LogP contribution in [-0.4, -0.2) is 37.2 Å². The molecule has 0 aliphatic heterocycles. The first-order chi connectivity index (χ1) is 9.67. The summed E-state index contributed by atoms with van der Waals surface area (Å²) in [5.41, 5.74) is 7.63. The molecule has 1 aromatic rings. The molecule has 2 N–H and O–H groups in total. The lowest BCUT2D eigenvalue weighted by Crippen LogP contribution is -2.43. The normalized spacial score (nSPS) is 18.2. The van der Waals surface area contributed by atoms with E-state index in [4.69, 9.17) is 22.1 Å². The van der Waals surface area contributed by atoms with Crippen molar-refractivity contribution in [2.45, 2.75) is 44.3 Å². The number of nitrogens with zero attached hydrogens (tertiary/aromatic N) is 1. The van der Waals surface area contributed by atoms with Gasteiger partial charge in [0.15, 0.2) is 0 Å². The van der Waals surface area contributed by atoms with Gasteiger partial charge >= 0.3 is 0 Å². The lowest BCUT2D eigenvalue weighted by atomic mass is 9.96. The molecule has 3 nitrogen and oxygen atoms in total. The Morgan fingerprint density at radius 3 is 2.75 bits per heavy atom. The predicted molar refractivity (Wildman–Crippen MR) is 84.1 cm³/mol. The zero-order valence-corrected chi connectivity index (χ0v) is 13.1. The molecule has 0 heterocycles. The van der Waals surface area contributed by atoms with Gasteiger partial charge in [0.1, 0.15) is 0 Å². The summed E-state index contributed by atoms with van der Waals surface area (Å²) < 4.78 is 5.26. The zero-order valence-electron chi connectivity index (χ0n) is 12.4. The number of halogens is 1. The molecule has 1 saturated carbocycles. The Bertz CT molecular complexity index is 423. The first-order valence-electron chi connectivity index (χ1n) is 7.43. The summed E-state index contributed by atoms with van der Waals surface area (Å²) in [4.78, 5) is 2.50. The maximum Gasteiger partial charge on any atom is 0.0590 e. The second-order valence-electron chi connectivity index (χ2n) is 5.53. The molecule has 0 bridgehead atoms. The number of nitrogens with two attached hydrogens (primary N) is 1. The van der Waals surface area contributed by atoms with Gasteiger partial charge in [-0.25, -0.2) is 0 Å². The minimum atomic E-state index is 0.117. The molecule has 0 aromatic heterocycles. The van der Waals surface area contributed by atoms with Crippen molar-refractivity contribution in [3.05, 3.63) is 34.9 Å². The van der Waals surface area contributed by atoms with Crippen LogP contribution in [0.2, 0.25) is 5.02 Å². The van der Waals surface area contributed by atoms with E-state index in [1.54, 1.807) is 7.11 Å². The van der Waals surface area contributed by atoms with Gasteiger partial charge < -0.3 is 10.5 Å². The monoisotopic (exact) mass is 296 g/mol. The first-order valence-corrected chi connectivity index (χ1v) is 7.81. The fourth-order valence-corrected chi connectivity index (χ4v) is 2.95. The Balaban J connectivity index is 2.25. The second-order valence-corrected chi connectivity index (χ2v) is 5.97. The van der Waals surface area contributed by atoms with E-state index in [-0.39, 0.29) is 12.1 Å². The van der Waals surface area contributed by atoms with Crippen LogP contribution in [0.1, 0.15) is 37.8 Å². The molecule has 2 atom stereocenters. The van der Waals surface area contributed by atoms with Gasteiger partial charge in [-0.3, -0.25) is 4.90 Å². The standard InChI is InChI=1S/C16H25ClN2O/c1-3-15(18)16(12-5-4-6-13(17)11-12)19(9-10-20-2)14-7-8-14/h4-6,11,14-16H,3,7-10,18H2,1-2H3. The quantitative estimate of drug-likeness (QED) is 0.800. The van der Waals surface area contributed by atoms with Crippen LogP contribution in [0.3, 0.4) is 0 Å². The molecule has 0 radical (unpaired) electrons. The molecule has 1 fully saturated rings. The van der Waals surface area contributed by atoms with Gasteiger partial charge in [-0.2, -0.15) is 0 Å². The zero-order chi connectivity index (χ0) is 14.5. The van der Waals surface area contributed by atoms with E-state index >= 15 is 0 Å². The third-order valence-electron chi connectivity index (χ3n) is 3.99. The fraction of sp³-hybridized carbons (Fsp3) is 0.625. The largest absolute Gasteiger partial charge is 0.383 e. The van der Waals surface area contributed by atoms with Crippen LogP contribution in [-0.2, 0) is 4.74 Å². The third-order valence-corrected chi connectivity index (χ3v) is 4.23. The Hall–Kier alpha value is -0.610. The summed E-state index contributed by atoms with van der Waals surface area (Å²) in [6, 6.07) is 9.09. The number of ether oxygens (including phenoxy) is 1. The maximum absolute atomic E-state index is 6.41. The Morgan fingerprint density at radius 2 is 2.20 bits per heavy atom. The molecule has 2 rings (SSSR count). The first kappa shape index (κ1) is 15.8. The second kappa shape index (κ2) is 7.41. The molecule has 0 spiro atoms. The van der Waals surface area contributed by atoms with Crippen molar-refractivity contribution >= 4 is 11.6 Å². The average Bonchev–Trinajstić information content (AvgIpc) is 3.27. The molecule has 4 heteroatoms. The van der Waals surface area contributed by atoms with Gasteiger partial charge in [0.25, 0.3) is 0 Å². The van der Waals surface area contributed by atoms with Crippen molar-refractivity contribution in [2.75, 3.05) is 20.3 Å². The van der Waals surface area contributed by atoms with Crippen LogP contribution in [0.5, 0.6) is 0 Å². The molecule has 0 saturated heterocycles. The highest BCUT2D eigenvalue weighted by Gasteiger charge is 2.36. The summed E-state index contributed by atoms with van der Waals surface area (Å²) in [7, 11) is 1.75. The maximum atomic E-state index is 6.41. The van der Waals surface area contributed by atoms with Crippen molar-refractivity contribution in [2.24, 2.45) is 5.73 Å². The smallest absolute Gasteiger partial charge is 0.0590 e. The highest BCUT2D eigenvalue weighted by Crippen LogP contribution is 2.36. The van der Waals surface area contributed by atoms with E-state index in [2.05, 4.69) is 17.9 Å². The number of benzene rings is 1. The van der Waals surface area contributed by atoms with Crippen LogP contribution in [0.15, 0.2) is 24.3 Å². The molecule has 1 aromatic carbocycles. The highest BCUT2D eigenvalue weighted by molar-refractivity contribution is 6.30. The van der Waals surface area contributed by atoms with Crippen molar-refractivity contribution < 1.29 is 4.74 Å². The minimum Gasteiger partial charge on any atom is -0.383 e. The number of rotatable bonds is 8. The minimum absolute atomic E-state index is 0.117. The molecular weight excluding hydrogens is 272 g/mol. The van der Waals surface area contributed by atoms with Crippen molar-refractivity contribution in [1.29, 1.82) is 0 Å². The van der Waals surface area contributed by atoms with Gasteiger partial charge in [-0.1, -0.05) is 30.7 Å². The molecule has 2 unspecified atom stereocenters. The molecular formula is C16H25ClN2O. The molecule has 1 aliphatic carbocycles. The Labute approximate surface area is 127 Å². The van der Waals surface area contributed by atoms with Crippen LogP contribution >= 0.6 is 11.6 Å². The summed E-state index contributed by atoms with van der Waals surface area (Å²) in [6.45, 7) is 3.81. The summed E-state index contributed by atoms with van der Waals surface area (Å²) in [5.74, 6) is 0. The van der Waals surface area contributed by atoms with Crippen LogP contribution in [0.25, 0.3) is 0 Å². The van der Waals surface area contributed by atoms with E-state index in [1.807, 2.05) is 18.2 Å². The van der Waals surface area contributed by atoms with E-state index < -0.39 is 0 Å².